The second-order valence-corrected chi connectivity index (χ2v) is 6.83. The smallest absolute Gasteiger partial charge is 0.272 e. The number of ether oxygens (including phenoxy) is 1. The molecule has 126 valence electrons. The Labute approximate surface area is 144 Å². The fraction of sp³-hybridized carbons (Fsp3) is 0.250. The van der Waals surface area contributed by atoms with E-state index < -0.39 is 0 Å². The van der Waals surface area contributed by atoms with E-state index in [0.29, 0.717) is 11.4 Å². The van der Waals surface area contributed by atoms with Gasteiger partial charge in [0.15, 0.2) is 0 Å². The number of aryl methyl sites for hydroxylation is 1. The summed E-state index contributed by atoms with van der Waals surface area (Å²) in [6.07, 6.45) is 6.13. The molecule has 1 aliphatic rings. The normalized spacial score (nSPS) is 14.4. The molecule has 25 heavy (non-hydrogen) atoms. The fourth-order valence-corrected chi connectivity index (χ4v) is 3.53. The summed E-state index contributed by atoms with van der Waals surface area (Å²) < 4.78 is 8.11. The second kappa shape index (κ2) is 5.28. The predicted molar refractivity (Wildman–Crippen MR) is 99.1 cm³/mol. The van der Waals surface area contributed by atoms with Crippen molar-refractivity contribution in [3.05, 3.63) is 53.1 Å². The molecule has 0 atom stereocenters. The highest BCUT2D eigenvalue weighted by molar-refractivity contribution is 5.99. The summed E-state index contributed by atoms with van der Waals surface area (Å²) in [6, 6.07) is 10.2. The summed E-state index contributed by atoms with van der Waals surface area (Å²) in [5.74, 6) is 1.55. The Morgan fingerprint density at radius 3 is 2.72 bits per heavy atom. The molecule has 1 saturated carbocycles. The monoisotopic (exact) mass is 333 g/mol. The van der Waals surface area contributed by atoms with Crippen molar-refractivity contribution in [3.8, 4) is 17.0 Å². The summed E-state index contributed by atoms with van der Waals surface area (Å²) >= 11 is 0. The molecule has 0 saturated heterocycles. The van der Waals surface area contributed by atoms with Crippen LogP contribution >= 0.6 is 0 Å². The van der Waals surface area contributed by atoms with Crippen LogP contribution < -0.4 is 10.3 Å². The molecule has 0 aliphatic heterocycles. The van der Waals surface area contributed by atoms with Crippen molar-refractivity contribution < 1.29 is 4.74 Å². The first-order valence-corrected chi connectivity index (χ1v) is 8.63. The highest BCUT2D eigenvalue weighted by Gasteiger charge is 2.24. The maximum atomic E-state index is 12.3. The number of pyridine rings is 1. The lowest BCUT2D eigenvalue weighted by Gasteiger charge is -2.13. The quantitative estimate of drug-likeness (QED) is 0.596. The summed E-state index contributed by atoms with van der Waals surface area (Å²) in [5.41, 5.74) is 3.63. The molecule has 1 fully saturated rings. The van der Waals surface area contributed by atoms with Gasteiger partial charge >= 0.3 is 0 Å². The van der Waals surface area contributed by atoms with Crippen molar-refractivity contribution in [2.24, 2.45) is 13.0 Å². The molecular weight excluding hydrogens is 314 g/mol. The van der Waals surface area contributed by atoms with Gasteiger partial charge in [-0.25, -0.2) is 0 Å². The molecule has 3 aromatic heterocycles. The molecule has 5 nitrogen and oxygen atoms in total. The van der Waals surface area contributed by atoms with E-state index >= 15 is 0 Å². The van der Waals surface area contributed by atoms with Crippen LogP contribution in [0, 0.1) is 5.92 Å². The third-order valence-corrected chi connectivity index (χ3v) is 5.07. The van der Waals surface area contributed by atoms with E-state index in [2.05, 4.69) is 28.2 Å². The minimum atomic E-state index is -0.0784. The first-order chi connectivity index (χ1) is 12.2. The molecule has 4 aromatic rings. The Bertz CT molecular complexity index is 1140. The maximum absolute atomic E-state index is 12.3. The second-order valence-electron chi connectivity index (χ2n) is 6.83. The van der Waals surface area contributed by atoms with Crippen molar-refractivity contribution in [1.82, 2.24) is 14.5 Å². The zero-order valence-electron chi connectivity index (χ0n) is 14.0. The minimum Gasteiger partial charge on any atom is -0.493 e. The average Bonchev–Trinajstić information content (AvgIpc) is 3.21. The van der Waals surface area contributed by atoms with E-state index in [4.69, 9.17) is 4.74 Å². The van der Waals surface area contributed by atoms with Crippen LogP contribution in [0.1, 0.15) is 12.8 Å². The zero-order valence-corrected chi connectivity index (χ0v) is 14.0. The van der Waals surface area contributed by atoms with Crippen LogP contribution in [0.4, 0.5) is 0 Å². The summed E-state index contributed by atoms with van der Waals surface area (Å²) in [6.45, 7) is 0.754. The standard InChI is InChI=1S/C20H19N3O2/c1-23-15(10-14-7-9-22-20(24)19(14)23)17-16(25-11-12-2-3-12)5-4-13-6-8-21-18(13)17/h4-10,12,21H,2-3,11H2,1H3,(H,22,24). The minimum absolute atomic E-state index is 0.0784. The number of aromatic nitrogens is 3. The van der Waals surface area contributed by atoms with Crippen molar-refractivity contribution >= 4 is 21.8 Å². The summed E-state index contributed by atoms with van der Waals surface area (Å²) in [7, 11) is 1.93. The number of aromatic amines is 2. The largest absolute Gasteiger partial charge is 0.493 e. The van der Waals surface area contributed by atoms with E-state index in [1.165, 1.54) is 12.8 Å². The van der Waals surface area contributed by atoms with E-state index in [9.17, 15) is 4.79 Å². The Morgan fingerprint density at radius 1 is 1.12 bits per heavy atom. The first-order valence-electron chi connectivity index (χ1n) is 8.63. The molecule has 0 radical (unpaired) electrons. The molecule has 3 heterocycles. The molecule has 2 N–H and O–H groups in total. The number of benzene rings is 1. The third kappa shape index (κ3) is 2.27. The molecule has 1 aromatic carbocycles. The van der Waals surface area contributed by atoms with E-state index in [1.807, 2.05) is 29.9 Å². The molecule has 5 rings (SSSR count). The van der Waals surface area contributed by atoms with Crippen LogP contribution in [0.2, 0.25) is 0 Å². The number of nitrogens with one attached hydrogen (secondary N) is 2. The van der Waals surface area contributed by atoms with Gasteiger partial charge in [-0.05, 0) is 49.1 Å². The van der Waals surface area contributed by atoms with Crippen LogP contribution in [0.25, 0.3) is 33.1 Å². The highest BCUT2D eigenvalue weighted by atomic mass is 16.5. The van der Waals surface area contributed by atoms with Gasteiger partial charge in [-0.2, -0.15) is 0 Å². The van der Waals surface area contributed by atoms with Gasteiger partial charge in [-0.1, -0.05) is 0 Å². The Morgan fingerprint density at radius 2 is 1.92 bits per heavy atom. The molecule has 1 aliphatic carbocycles. The Balaban J connectivity index is 1.77. The van der Waals surface area contributed by atoms with Crippen molar-refractivity contribution in [3.63, 3.8) is 0 Å². The van der Waals surface area contributed by atoms with Gasteiger partial charge in [-0.15, -0.1) is 0 Å². The predicted octanol–water partition coefficient (Wildman–Crippen LogP) is 3.80. The lowest BCUT2D eigenvalue weighted by molar-refractivity contribution is 0.301. The van der Waals surface area contributed by atoms with Gasteiger partial charge in [0.2, 0.25) is 0 Å². The highest BCUT2D eigenvalue weighted by Crippen LogP contribution is 2.39. The first kappa shape index (κ1) is 14.4. The summed E-state index contributed by atoms with van der Waals surface area (Å²) in [5, 5.41) is 2.06. The van der Waals surface area contributed by atoms with Crippen LogP contribution in [0.3, 0.4) is 0 Å². The number of H-pyrrole nitrogens is 2. The number of rotatable bonds is 4. The van der Waals surface area contributed by atoms with Crippen molar-refractivity contribution in [2.45, 2.75) is 12.8 Å². The van der Waals surface area contributed by atoms with Crippen LogP contribution in [0.15, 0.2) is 47.5 Å². The van der Waals surface area contributed by atoms with Gasteiger partial charge in [-0.3, -0.25) is 4.79 Å². The van der Waals surface area contributed by atoms with E-state index in [1.54, 1.807) is 6.20 Å². The lowest BCUT2D eigenvalue weighted by Crippen LogP contribution is -2.09. The van der Waals surface area contributed by atoms with Crippen LogP contribution in [-0.4, -0.2) is 21.1 Å². The molecule has 0 unspecified atom stereocenters. The number of hydrogen-bond acceptors (Lipinski definition) is 2. The van der Waals surface area contributed by atoms with Gasteiger partial charge in [0.1, 0.15) is 11.3 Å². The zero-order chi connectivity index (χ0) is 17.0. The fourth-order valence-electron chi connectivity index (χ4n) is 3.53. The number of hydrogen-bond donors (Lipinski definition) is 2. The average molecular weight is 333 g/mol. The van der Waals surface area contributed by atoms with E-state index in [0.717, 1.165) is 39.9 Å². The van der Waals surface area contributed by atoms with Crippen LogP contribution in [0.5, 0.6) is 5.75 Å². The SMILES string of the molecule is Cn1c(-c2c(OCC3CC3)ccc3cc[nH]c23)cc2cc[nH]c(=O)c21. The molecule has 0 spiro atoms. The Hall–Kier alpha value is -2.95. The topological polar surface area (TPSA) is 62.8 Å². The third-order valence-electron chi connectivity index (χ3n) is 5.07. The molecule has 0 bridgehead atoms. The number of fused-ring (bicyclic) bond motifs is 2. The van der Waals surface area contributed by atoms with E-state index in [-0.39, 0.29) is 5.56 Å². The summed E-state index contributed by atoms with van der Waals surface area (Å²) in [4.78, 5) is 18.3. The van der Waals surface area contributed by atoms with Gasteiger partial charge in [0, 0.05) is 30.2 Å². The van der Waals surface area contributed by atoms with Gasteiger partial charge < -0.3 is 19.3 Å². The number of nitrogens with zero attached hydrogens (tertiary/aromatic N) is 1. The molecule has 0 amide bonds. The maximum Gasteiger partial charge on any atom is 0.272 e. The molecular formula is C20H19N3O2. The Kier molecular flexibility index (Phi) is 3.04. The van der Waals surface area contributed by atoms with Crippen molar-refractivity contribution in [1.29, 1.82) is 0 Å². The van der Waals surface area contributed by atoms with Gasteiger partial charge in [0.05, 0.1) is 23.4 Å². The van der Waals surface area contributed by atoms with Gasteiger partial charge in [0.25, 0.3) is 5.56 Å². The lowest BCUT2D eigenvalue weighted by atomic mass is 10.1. The molecule has 5 heteroatoms. The van der Waals surface area contributed by atoms with Crippen LogP contribution in [-0.2, 0) is 7.05 Å². The van der Waals surface area contributed by atoms with Crippen molar-refractivity contribution in [2.75, 3.05) is 6.61 Å².